The molecular formula is C26H24ClN7O2. The van der Waals surface area contributed by atoms with Crippen molar-refractivity contribution in [2.75, 3.05) is 5.32 Å². The smallest absolute Gasteiger partial charge is 0.217 e. The van der Waals surface area contributed by atoms with Gasteiger partial charge in [-0.15, -0.1) is 0 Å². The maximum atomic E-state index is 11.4. The van der Waals surface area contributed by atoms with Crippen LogP contribution in [0.25, 0.3) is 11.0 Å². The predicted molar refractivity (Wildman–Crippen MR) is 139 cm³/mol. The Morgan fingerprint density at radius 3 is 2.67 bits per heavy atom. The highest BCUT2D eigenvalue weighted by atomic mass is 35.5. The lowest BCUT2D eigenvalue weighted by molar-refractivity contribution is -0.118. The van der Waals surface area contributed by atoms with E-state index in [1.807, 2.05) is 60.1 Å². The van der Waals surface area contributed by atoms with Crippen LogP contribution in [0.1, 0.15) is 30.3 Å². The summed E-state index contributed by atoms with van der Waals surface area (Å²) in [6.45, 7) is 0. The minimum Gasteiger partial charge on any atom is -0.457 e. The van der Waals surface area contributed by atoms with Gasteiger partial charge in [-0.2, -0.15) is 0 Å². The molecule has 9 nitrogen and oxygen atoms in total. The number of aromatic nitrogens is 5. The van der Waals surface area contributed by atoms with Gasteiger partial charge in [0, 0.05) is 54.9 Å². The molecule has 0 spiro atoms. The van der Waals surface area contributed by atoms with E-state index in [1.54, 1.807) is 24.7 Å². The molecule has 0 saturated carbocycles. The van der Waals surface area contributed by atoms with Crippen LogP contribution in [-0.2, 0) is 11.8 Å². The summed E-state index contributed by atoms with van der Waals surface area (Å²) in [4.78, 5) is 28.1. The number of imidazole rings is 2. The van der Waals surface area contributed by atoms with Crippen LogP contribution in [0.2, 0.25) is 5.02 Å². The Morgan fingerprint density at radius 2 is 1.92 bits per heavy atom. The summed E-state index contributed by atoms with van der Waals surface area (Å²) < 4.78 is 8.13. The fraction of sp³-hybridized carbons (Fsp3) is 0.154. The van der Waals surface area contributed by atoms with Crippen LogP contribution in [0.5, 0.6) is 11.5 Å². The molecule has 3 heterocycles. The van der Waals surface area contributed by atoms with E-state index in [2.05, 4.69) is 20.3 Å². The number of halogens is 1. The number of benzene rings is 2. The zero-order valence-corrected chi connectivity index (χ0v) is 20.2. The monoisotopic (exact) mass is 501 g/mol. The van der Waals surface area contributed by atoms with Crippen LogP contribution in [0.3, 0.4) is 0 Å². The third-order valence-electron chi connectivity index (χ3n) is 5.83. The zero-order chi connectivity index (χ0) is 25.1. The van der Waals surface area contributed by atoms with E-state index in [9.17, 15) is 4.79 Å². The molecule has 0 radical (unpaired) electrons. The molecule has 36 heavy (non-hydrogen) atoms. The van der Waals surface area contributed by atoms with Crippen LogP contribution in [0, 0.1) is 0 Å². The van der Waals surface area contributed by atoms with E-state index in [0.29, 0.717) is 28.9 Å². The van der Waals surface area contributed by atoms with Gasteiger partial charge in [0.25, 0.3) is 0 Å². The van der Waals surface area contributed by atoms with Crippen LogP contribution in [-0.4, -0.2) is 30.4 Å². The molecule has 5 rings (SSSR count). The Labute approximate surface area is 212 Å². The molecule has 0 fully saturated rings. The van der Waals surface area contributed by atoms with Crippen LogP contribution in [0.4, 0.5) is 11.6 Å². The summed E-state index contributed by atoms with van der Waals surface area (Å²) in [7, 11) is 1.95. The van der Waals surface area contributed by atoms with Crippen LogP contribution >= 0.6 is 11.6 Å². The van der Waals surface area contributed by atoms with E-state index in [0.717, 1.165) is 28.2 Å². The number of fused-ring (bicyclic) bond motifs is 1. The fourth-order valence-electron chi connectivity index (χ4n) is 4.01. The molecule has 1 unspecified atom stereocenters. The standard InChI is InChI=1S/C26H24ClN7O2/c1-34-23-8-6-18(15-22(23)33-26(34)32-17-4-2-16(27)3-5-17)36-19-10-11-29-21(14-19)20(7-9-24(28)35)25-30-12-13-31-25/h2-6,8,10-15,20H,7,9H2,1H3,(H2,28,35)(H,30,31)(H,32,33). The second-order valence-corrected chi connectivity index (χ2v) is 8.76. The number of amides is 1. The second-order valence-electron chi connectivity index (χ2n) is 8.33. The number of hydrogen-bond donors (Lipinski definition) is 3. The van der Waals surface area contributed by atoms with Gasteiger partial charge in [0.15, 0.2) is 0 Å². The Balaban J connectivity index is 1.38. The van der Waals surface area contributed by atoms with Crippen molar-refractivity contribution in [3.63, 3.8) is 0 Å². The van der Waals surface area contributed by atoms with Crippen LogP contribution < -0.4 is 15.8 Å². The van der Waals surface area contributed by atoms with E-state index in [1.165, 1.54) is 0 Å². The van der Waals surface area contributed by atoms with E-state index in [4.69, 9.17) is 27.1 Å². The number of aromatic amines is 1. The van der Waals surface area contributed by atoms with Gasteiger partial charge in [-0.05, 0) is 48.9 Å². The average Bonchev–Trinajstić information content (AvgIpc) is 3.49. The highest BCUT2D eigenvalue weighted by Crippen LogP contribution is 2.31. The number of carbonyl (C=O) groups excluding carboxylic acids is 1. The third kappa shape index (κ3) is 5.16. The summed E-state index contributed by atoms with van der Waals surface area (Å²) in [5.74, 6) is 2.10. The number of ether oxygens (including phenoxy) is 1. The summed E-state index contributed by atoms with van der Waals surface area (Å²) in [5, 5.41) is 3.99. The molecule has 0 saturated heterocycles. The van der Waals surface area contributed by atoms with E-state index in [-0.39, 0.29) is 18.2 Å². The van der Waals surface area contributed by atoms with Gasteiger partial charge in [-0.1, -0.05) is 11.6 Å². The number of anilines is 2. The van der Waals surface area contributed by atoms with Crippen molar-refractivity contribution in [1.82, 2.24) is 24.5 Å². The second kappa shape index (κ2) is 10.1. The van der Waals surface area contributed by atoms with E-state index >= 15 is 0 Å². The van der Waals surface area contributed by atoms with Crippen molar-refractivity contribution >= 4 is 40.2 Å². The number of H-pyrrole nitrogens is 1. The van der Waals surface area contributed by atoms with Crippen molar-refractivity contribution in [1.29, 1.82) is 0 Å². The van der Waals surface area contributed by atoms with Crippen molar-refractivity contribution in [3.8, 4) is 11.5 Å². The van der Waals surface area contributed by atoms with Gasteiger partial charge in [-0.25, -0.2) is 9.97 Å². The van der Waals surface area contributed by atoms with Gasteiger partial charge in [0.05, 0.1) is 22.6 Å². The lowest BCUT2D eigenvalue weighted by atomic mass is 9.97. The lowest BCUT2D eigenvalue weighted by Gasteiger charge is -2.15. The summed E-state index contributed by atoms with van der Waals surface area (Å²) >= 11 is 5.99. The Morgan fingerprint density at radius 1 is 1.11 bits per heavy atom. The first-order chi connectivity index (χ1) is 17.5. The molecule has 1 atom stereocenters. The summed E-state index contributed by atoms with van der Waals surface area (Å²) in [6, 6.07) is 16.8. The number of nitrogens with zero attached hydrogens (tertiary/aromatic N) is 4. The minimum absolute atomic E-state index is 0.212. The number of nitrogens with one attached hydrogen (secondary N) is 2. The zero-order valence-electron chi connectivity index (χ0n) is 19.5. The number of nitrogens with two attached hydrogens (primary N) is 1. The van der Waals surface area contributed by atoms with Gasteiger partial charge in [0.2, 0.25) is 11.9 Å². The topological polar surface area (TPSA) is 124 Å². The Hall–Kier alpha value is -4.37. The first kappa shape index (κ1) is 23.4. The van der Waals surface area contributed by atoms with Gasteiger partial charge < -0.3 is 25.3 Å². The third-order valence-corrected chi connectivity index (χ3v) is 6.08. The van der Waals surface area contributed by atoms with Gasteiger partial charge in [-0.3, -0.25) is 9.78 Å². The number of hydrogen-bond acceptors (Lipinski definition) is 6. The largest absolute Gasteiger partial charge is 0.457 e. The molecule has 1 amide bonds. The molecule has 0 aliphatic rings. The SMILES string of the molecule is Cn1c(Nc2ccc(Cl)cc2)nc2cc(Oc3ccnc(C(CCC(N)=O)c4ncc[nH]4)c3)ccc21. The molecule has 182 valence electrons. The molecule has 2 aromatic carbocycles. The molecule has 10 heteroatoms. The normalized spacial score (nSPS) is 11.9. The van der Waals surface area contributed by atoms with Crippen molar-refractivity contribution < 1.29 is 9.53 Å². The maximum Gasteiger partial charge on any atom is 0.217 e. The molecule has 3 aromatic heterocycles. The van der Waals surface area contributed by atoms with Gasteiger partial charge >= 0.3 is 0 Å². The number of primary amides is 1. The number of pyridine rings is 1. The highest BCUT2D eigenvalue weighted by Gasteiger charge is 2.20. The average molecular weight is 502 g/mol. The molecule has 5 aromatic rings. The van der Waals surface area contributed by atoms with Crippen LogP contribution in [0.15, 0.2) is 73.2 Å². The number of rotatable bonds is 9. The summed E-state index contributed by atoms with van der Waals surface area (Å²) in [5.41, 5.74) is 8.75. The molecule has 0 aliphatic carbocycles. The molecule has 0 aliphatic heterocycles. The van der Waals surface area contributed by atoms with Crippen molar-refractivity contribution in [2.24, 2.45) is 12.8 Å². The van der Waals surface area contributed by atoms with E-state index < -0.39 is 0 Å². The quantitative estimate of drug-likeness (QED) is 0.252. The van der Waals surface area contributed by atoms with Gasteiger partial charge in [0.1, 0.15) is 17.3 Å². The lowest BCUT2D eigenvalue weighted by Crippen LogP contribution is -2.14. The molecule has 4 N–H and O–H groups in total. The first-order valence-electron chi connectivity index (χ1n) is 11.4. The summed E-state index contributed by atoms with van der Waals surface area (Å²) in [6.07, 6.45) is 5.80. The maximum absolute atomic E-state index is 11.4. The number of carbonyl (C=O) groups is 1. The first-order valence-corrected chi connectivity index (χ1v) is 11.7. The fourth-order valence-corrected chi connectivity index (χ4v) is 4.14. The predicted octanol–water partition coefficient (Wildman–Crippen LogP) is 5.28. The van der Waals surface area contributed by atoms with Crippen molar-refractivity contribution in [2.45, 2.75) is 18.8 Å². The molecular weight excluding hydrogens is 478 g/mol. The highest BCUT2D eigenvalue weighted by molar-refractivity contribution is 6.30. The Bertz CT molecular complexity index is 1500. The molecule has 0 bridgehead atoms. The minimum atomic E-state index is -0.368. The van der Waals surface area contributed by atoms with Crippen molar-refractivity contribution in [3.05, 3.63) is 89.7 Å². The Kier molecular flexibility index (Phi) is 6.55. The number of aryl methyl sites for hydroxylation is 1.